The van der Waals surface area contributed by atoms with Crippen molar-refractivity contribution in [3.05, 3.63) is 35.9 Å². The molecule has 1 aliphatic rings. The summed E-state index contributed by atoms with van der Waals surface area (Å²) in [6.07, 6.45) is 1.98. The molecule has 0 bridgehead atoms. The van der Waals surface area contributed by atoms with Crippen molar-refractivity contribution in [3.63, 3.8) is 0 Å². The molecule has 0 unspecified atom stereocenters. The van der Waals surface area contributed by atoms with Crippen LogP contribution in [0, 0.1) is 0 Å². The van der Waals surface area contributed by atoms with Gasteiger partial charge in [-0.3, -0.25) is 9.59 Å². The van der Waals surface area contributed by atoms with Crippen LogP contribution < -0.4 is 10.2 Å². The molecule has 0 spiro atoms. The summed E-state index contributed by atoms with van der Waals surface area (Å²) < 4.78 is 0. The van der Waals surface area contributed by atoms with Crippen LogP contribution in [0.5, 0.6) is 0 Å². The predicted molar refractivity (Wildman–Crippen MR) is 90.1 cm³/mol. The van der Waals surface area contributed by atoms with Gasteiger partial charge < -0.3 is 15.1 Å². The minimum atomic E-state index is 0.0895. The molecule has 1 aromatic carbocycles. The third-order valence-corrected chi connectivity index (χ3v) is 4.44. The maximum Gasteiger partial charge on any atom is 0.275 e. The molecule has 126 valence electrons. The van der Waals surface area contributed by atoms with Gasteiger partial charge in [-0.25, -0.2) is 0 Å². The van der Waals surface area contributed by atoms with Gasteiger partial charge in [-0.05, 0) is 12.0 Å². The second-order valence-electron chi connectivity index (χ2n) is 6.25. The van der Waals surface area contributed by atoms with Crippen molar-refractivity contribution >= 4 is 11.8 Å². The van der Waals surface area contributed by atoms with Crippen LogP contribution in [0.15, 0.2) is 30.3 Å². The van der Waals surface area contributed by atoms with E-state index in [1.54, 1.807) is 6.92 Å². The number of quaternary nitrogens is 1. The third-order valence-electron chi connectivity index (χ3n) is 4.44. The van der Waals surface area contributed by atoms with Crippen LogP contribution >= 0.6 is 0 Å². The van der Waals surface area contributed by atoms with E-state index in [9.17, 15) is 9.59 Å². The molecule has 5 nitrogen and oxygen atoms in total. The highest BCUT2D eigenvalue weighted by Gasteiger charge is 2.24. The van der Waals surface area contributed by atoms with Gasteiger partial charge in [0.2, 0.25) is 5.91 Å². The Morgan fingerprint density at radius 3 is 2.43 bits per heavy atom. The van der Waals surface area contributed by atoms with E-state index >= 15 is 0 Å². The topological polar surface area (TPSA) is 53.9 Å². The van der Waals surface area contributed by atoms with Crippen LogP contribution in [-0.2, 0) is 9.59 Å². The molecule has 0 aromatic heterocycles. The summed E-state index contributed by atoms with van der Waals surface area (Å²) in [6.45, 7) is 7.40. The Balaban J connectivity index is 1.84. The van der Waals surface area contributed by atoms with Crippen molar-refractivity contribution in [1.29, 1.82) is 0 Å². The fraction of sp³-hybridized carbons (Fsp3) is 0.556. The van der Waals surface area contributed by atoms with Gasteiger partial charge in [0.1, 0.15) is 0 Å². The van der Waals surface area contributed by atoms with Gasteiger partial charge in [-0.1, -0.05) is 43.7 Å². The summed E-state index contributed by atoms with van der Waals surface area (Å²) in [5.74, 6) is 0.221. The van der Waals surface area contributed by atoms with E-state index in [2.05, 4.69) is 24.4 Å². The van der Waals surface area contributed by atoms with Gasteiger partial charge in [0.15, 0.2) is 6.54 Å². The molecule has 5 heteroatoms. The quantitative estimate of drug-likeness (QED) is 0.797. The van der Waals surface area contributed by atoms with Crippen molar-refractivity contribution < 1.29 is 14.5 Å². The second kappa shape index (κ2) is 8.67. The molecule has 0 saturated carbocycles. The SMILES string of the molecule is CCC[C@H](NC(=O)C[NH+]1CCN(C(C)=O)CC1)c1ccccc1. The van der Waals surface area contributed by atoms with Crippen LogP contribution in [0.1, 0.15) is 38.3 Å². The average molecular weight is 318 g/mol. The molecule has 23 heavy (non-hydrogen) atoms. The van der Waals surface area contributed by atoms with E-state index in [1.165, 1.54) is 10.5 Å². The van der Waals surface area contributed by atoms with Crippen molar-refractivity contribution in [3.8, 4) is 0 Å². The van der Waals surface area contributed by atoms with Crippen LogP contribution in [0.3, 0.4) is 0 Å². The molecule has 1 saturated heterocycles. The molecule has 2 N–H and O–H groups in total. The summed E-state index contributed by atoms with van der Waals surface area (Å²) in [7, 11) is 0. The Morgan fingerprint density at radius 1 is 1.22 bits per heavy atom. The van der Waals surface area contributed by atoms with Gasteiger partial charge in [0, 0.05) is 6.92 Å². The number of nitrogens with one attached hydrogen (secondary N) is 2. The largest absolute Gasteiger partial charge is 0.344 e. The number of hydrogen-bond acceptors (Lipinski definition) is 2. The average Bonchev–Trinajstić information content (AvgIpc) is 2.55. The lowest BCUT2D eigenvalue weighted by Gasteiger charge is -2.31. The number of piperazine rings is 1. The monoisotopic (exact) mass is 318 g/mol. The van der Waals surface area contributed by atoms with Gasteiger partial charge in [-0.15, -0.1) is 0 Å². The molecule has 2 rings (SSSR count). The Hall–Kier alpha value is -1.88. The van der Waals surface area contributed by atoms with Crippen LogP contribution in [-0.4, -0.2) is 49.4 Å². The molecule has 1 aliphatic heterocycles. The zero-order valence-corrected chi connectivity index (χ0v) is 14.2. The lowest BCUT2D eigenvalue weighted by Crippen LogP contribution is -3.15. The fourth-order valence-electron chi connectivity index (χ4n) is 3.08. The highest BCUT2D eigenvalue weighted by Crippen LogP contribution is 2.17. The van der Waals surface area contributed by atoms with Crippen molar-refractivity contribution in [1.82, 2.24) is 10.2 Å². The first kappa shape index (κ1) is 17.5. The molecule has 0 aliphatic carbocycles. The van der Waals surface area contributed by atoms with Crippen molar-refractivity contribution in [2.75, 3.05) is 32.7 Å². The third kappa shape index (κ3) is 5.36. The summed E-state index contributed by atoms with van der Waals surface area (Å²) in [6, 6.07) is 10.2. The van der Waals surface area contributed by atoms with E-state index in [0.717, 1.165) is 39.0 Å². The highest BCUT2D eigenvalue weighted by atomic mass is 16.2. The van der Waals surface area contributed by atoms with Crippen molar-refractivity contribution in [2.24, 2.45) is 0 Å². The van der Waals surface area contributed by atoms with Gasteiger partial charge in [-0.2, -0.15) is 0 Å². The van der Waals surface area contributed by atoms with Crippen molar-refractivity contribution in [2.45, 2.75) is 32.7 Å². The number of rotatable bonds is 6. The Morgan fingerprint density at radius 2 is 1.87 bits per heavy atom. The minimum Gasteiger partial charge on any atom is -0.344 e. The van der Waals surface area contributed by atoms with Gasteiger partial charge >= 0.3 is 0 Å². The molecule has 1 aromatic rings. The number of benzene rings is 1. The second-order valence-corrected chi connectivity index (χ2v) is 6.25. The van der Waals surface area contributed by atoms with Gasteiger partial charge in [0.25, 0.3) is 5.91 Å². The maximum atomic E-state index is 12.4. The van der Waals surface area contributed by atoms with E-state index in [1.807, 2.05) is 23.1 Å². The van der Waals surface area contributed by atoms with Crippen LogP contribution in [0.4, 0.5) is 0 Å². The van der Waals surface area contributed by atoms with Gasteiger partial charge in [0.05, 0.1) is 32.2 Å². The van der Waals surface area contributed by atoms with Crippen LogP contribution in [0.25, 0.3) is 0 Å². The number of carbonyl (C=O) groups is 2. The van der Waals surface area contributed by atoms with E-state index < -0.39 is 0 Å². The van der Waals surface area contributed by atoms with E-state index in [-0.39, 0.29) is 17.9 Å². The Kier molecular flexibility index (Phi) is 6.59. The van der Waals surface area contributed by atoms with E-state index in [4.69, 9.17) is 0 Å². The molecule has 1 fully saturated rings. The van der Waals surface area contributed by atoms with E-state index in [0.29, 0.717) is 6.54 Å². The zero-order chi connectivity index (χ0) is 16.7. The summed E-state index contributed by atoms with van der Waals surface area (Å²) in [5.41, 5.74) is 1.17. The summed E-state index contributed by atoms with van der Waals surface area (Å²) >= 11 is 0. The molecule has 1 atom stereocenters. The lowest BCUT2D eigenvalue weighted by atomic mass is 10.0. The number of carbonyl (C=O) groups excluding carboxylic acids is 2. The zero-order valence-electron chi connectivity index (χ0n) is 14.2. The first-order valence-corrected chi connectivity index (χ1v) is 8.53. The molecular weight excluding hydrogens is 290 g/mol. The number of nitrogens with zero attached hydrogens (tertiary/aromatic N) is 1. The van der Waals surface area contributed by atoms with Crippen LogP contribution in [0.2, 0.25) is 0 Å². The predicted octanol–water partition coefficient (Wildman–Crippen LogP) is 0.391. The fourth-order valence-corrected chi connectivity index (χ4v) is 3.08. The molecular formula is C18H28N3O2+. The first-order valence-electron chi connectivity index (χ1n) is 8.53. The standard InChI is InChI=1S/C18H27N3O2/c1-3-7-17(16-8-5-4-6-9-16)19-18(23)14-20-10-12-21(13-11-20)15(2)22/h4-6,8-9,17H,3,7,10-14H2,1-2H3,(H,19,23)/p+1/t17-/m0/s1. The normalized spacial score (nSPS) is 16.9. The molecule has 2 amide bonds. The summed E-state index contributed by atoms with van der Waals surface area (Å²) in [4.78, 5) is 26.8. The number of hydrogen-bond donors (Lipinski definition) is 2. The highest BCUT2D eigenvalue weighted by molar-refractivity contribution is 5.77. The Labute approximate surface area is 138 Å². The molecule has 1 heterocycles. The number of amides is 2. The minimum absolute atomic E-state index is 0.0895. The smallest absolute Gasteiger partial charge is 0.275 e. The summed E-state index contributed by atoms with van der Waals surface area (Å²) in [5, 5.41) is 3.18. The first-order chi connectivity index (χ1) is 11.1. The Bertz CT molecular complexity index is 510. The lowest BCUT2D eigenvalue weighted by molar-refractivity contribution is -0.896. The molecule has 0 radical (unpaired) electrons. The maximum absolute atomic E-state index is 12.4.